The van der Waals surface area contributed by atoms with E-state index in [1.807, 2.05) is 0 Å². The lowest BCUT2D eigenvalue weighted by Gasteiger charge is -2.12. The van der Waals surface area contributed by atoms with Crippen LogP contribution < -0.4 is 10.5 Å². The number of carbonyl (C=O) groups excluding carboxylic acids is 1. The Morgan fingerprint density at radius 3 is 2.74 bits per heavy atom. The van der Waals surface area contributed by atoms with Crippen LogP contribution in [-0.4, -0.2) is 44.8 Å². The number of carbonyl (C=O) groups is 1. The molecule has 1 amide bonds. The maximum atomic E-state index is 12.0. The second-order valence-electron chi connectivity index (χ2n) is 4.09. The van der Waals surface area contributed by atoms with E-state index in [0.717, 1.165) is 0 Å². The Labute approximate surface area is 112 Å². The normalized spacial score (nSPS) is 11.3. The van der Waals surface area contributed by atoms with Crippen LogP contribution in [0.1, 0.15) is 12.1 Å². The number of hydrogen-bond acceptors (Lipinski definition) is 5. The van der Waals surface area contributed by atoms with Crippen LogP contribution in [0.15, 0.2) is 23.2 Å². The molecule has 0 aromatic carbocycles. The van der Waals surface area contributed by atoms with E-state index >= 15 is 0 Å². The van der Waals surface area contributed by atoms with Crippen molar-refractivity contribution < 1.29 is 13.2 Å². The highest BCUT2D eigenvalue weighted by Gasteiger charge is 2.18. The maximum Gasteiger partial charge on any atom is 0.242 e. The number of hydrogen-bond donors (Lipinski definition) is 2. The van der Waals surface area contributed by atoms with Gasteiger partial charge < -0.3 is 10.6 Å². The first-order valence-corrected chi connectivity index (χ1v) is 7.20. The minimum absolute atomic E-state index is 0.0354. The Bertz CT molecular complexity index is 543. The van der Waals surface area contributed by atoms with Gasteiger partial charge in [-0.3, -0.25) is 9.78 Å². The SMILES string of the molecule is CN(C)C(=O)CCNS(=O)(=O)c1cccnc1CN. The van der Waals surface area contributed by atoms with Crippen molar-refractivity contribution in [3.05, 3.63) is 24.0 Å². The Kier molecular flexibility index (Phi) is 5.40. The van der Waals surface area contributed by atoms with Gasteiger partial charge in [-0.1, -0.05) is 0 Å². The first-order chi connectivity index (χ1) is 8.88. The third-order valence-corrected chi connectivity index (χ3v) is 4.00. The van der Waals surface area contributed by atoms with Gasteiger partial charge in [0.15, 0.2) is 0 Å². The van der Waals surface area contributed by atoms with Crippen LogP contribution in [0.25, 0.3) is 0 Å². The van der Waals surface area contributed by atoms with Crippen molar-refractivity contribution in [2.24, 2.45) is 5.73 Å². The molecular weight excluding hydrogens is 268 g/mol. The molecule has 1 aromatic rings. The Balaban J connectivity index is 2.74. The monoisotopic (exact) mass is 286 g/mol. The van der Waals surface area contributed by atoms with Crippen molar-refractivity contribution in [2.45, 2.75) is 17.9 Å². The van der Waals surface area contributed by atoms with Gasteiger partial charge in [-0.05, 0) is 12.1 Å². The molecule has 0 aliphatic rings. The molecule has 8 heteroatoms. The number of amides is 1. The van der Waals surface area contributed by atoms with Gasteiger partial charge in [0.2, 0.25) is 15.9 Å². The van der Waals surface area contributed by atoms with Crippen LogP contribution in [-0.2, 0) is 21.4 Å². The summed E-state index contributed by atoms with van der Waals surface area (Å²) in [6.45, 7) is 0.0754. The highest BCUT2D eigenvalue weighted by molar-refractivity contribution is 7.89. The summed E-state index contributed by atoms with van der Waals surface area (Å²) in [6.07, 6.45) is 1.58. The average Bonchev–Trinajstić information content (AvgIpc) is 2.38. The molecule has 1 rings (SSSR count). The number of nitrogens with one attached hydrogen (secondary N) is 1. The fourth-order valence-corrected chi connectivity index (χ4v) is 2.65. The number of rotatable bonds is 6. The van der Waals surface area contributed by atoms with E-state index in [2.05, 4.69) is 9.71 Å². The first kappa shape index (κ1) is 15.5. The molecule has 0 aliphatic carbocycles. The van der Waals surface area contributed by atoms with Crippen molar-refractivity contribution in [1.82, 2.24) is 14.6 Å². The molecule has 0 unspecified atom stereocenters. The largest absolute Gasteiger partial charge is 0.349 e. The number of nitrogens with two attached hydrogens (primary N) is 1. The third-order valence-electron chi connectivity index (χ3n) is 2.46. The summed E-state index contributed by atoms with van der Waals surface area (Å²) in [6, 6.07) is 2.96. The predicted octanol–water partition coefficient (Wildman–Crippen LogP) is -0.703. The van der Waals surface area contributed by atoms with Gasteiger partial charge in [0.1, 0.15) is 4.90 Å². The highest BCUT2D eigenvalue weighted by Crippen LogP contribution is 2.11. The molecule has 106 valence electrons. The first-order valence-electron chi connectivity index (χ1n) is 5.72. The topological polar surface area (TPSA) is 105 Å². The Morgan fingerprint density at radius 1 is 1.47 bits per heavy atom. The molecular formula is C11H18N4O3S. The molecule has 0 fully saturated rings. The van der Waals surface area contributed by atoms with Gasteiger partial charge in [-0.2, -0.15) is 0 Å². The van der Waals surface area contributed by atoms with Crippen LogP contribution >= 0.6 is 0 Å². The van der Waals surface area contributed by atoms with Gasteiger partial charge in [-0.25, -0.2) is 13.1 Å². The number of aromatic nitrogens is 1. The molecule has 0 atom stereocenters. The number of sulfonamides is 1. The average molecular weight is 286 g/mol. The lowest BCUT2D eigenvalue weighted by molar-refractivity contribution is -0.128. The van der Waals surface area contributed by atoms with E-state index in [9.17, 15) is 13.2 Å². The molecule has 0 bridgehead atoms. The maximum absolute atomic E-state index is 12.0. The van der Waals surface area contributed by atoms with Crippen molar-refractivity contribution in [1.29, 1.82) is 0 Å². The smallest absolute Gasteiger partial charge is 0.242 e. The zero-order valence-electron chi connectivity index (χ0n) is 11.0. The Morgan fingerprint density at radius 2 is 2.16 bits per heavy atom. The summed E-state index contributed by atoms with van der Waals surface area (Å²) in [7, 11) is -0.457. The van der Waals surface area contributed by atoms with Gasteiger partial charge in [-0.15, -0.1) is 0 Å². The molecule has 0 spiro atoms. The van der Waals surface area contributed by atoms with E-state index in [0.29, 0.717) is 5.69 Å². The standard InChI is InChI=1S/C11H18N4O3S/c1-15(2)11(16)5-7-14-19(17,18)10-4-3-6-13-9(10)8-12/h3-4,6,14H,5,7-8,12H2,1-2H3. The van der Waals surface area contributed by atoms with Gasteiger partial charge in [0, 0.05) is 39.8 Å². The second kappa shape index (κ2) is 6.60. The fourth-order valence-electron chi connectivity index (χ4n) is 1.41. The quantitative estimate of drug-likeness (QED) is 0.719. The molecule has 0 aliphatic heterocycles. The van der Waals surface area contributed by atoms with Gasteiger partial charge in [0.05, 0.1) is 5.69 Å². The lowest BCUT2D eigenvalue weighted by atomic mass is 10.3. The molecule has 1 heterocycles. The minimum atomic E-state index is -3.69. The third kappa shape index (κ3) is 4.27. The zero-order chi connectivity index (χ0) is 14.5. The van der Waals surface area contributed by atoms with Crippen LogP contribution in [0.2, 0.25) is 0 Å². The molecule has 1 aromatic heterocycles. The van der Waals surface area contributed by atoms with Crippen molar-refractivity contribution in [3.8, 4) is 0 Å². The highest BCUT2D eigenvalue weighted by atomic mass is 32.2. The van der Waals surface area contributed by atoms with Gasteiger partial charge >= 0.3 is 0 Å². The summed E-state index contributed by atoms with van der Waals surface area (Å²) >= 11 is 0. The van der Waals surface area contributed by atoms with E-state index in [1.54, 1.807) is 14.1 Å². The second-order valence-corrected chi connectivity index (χ2v) is 5.82. The predicted molar refractivity (Wildman–Crippen MR) is 70.6 cm³/mol. The fraction of sp³-hybridized carbons (Fsp3) is 0.455. The lowest BCUT2D eigenvalue weighted by Crippen LogP contribution is -2.31. The van der Waals surface area contributed by atoms with Crippen molar-refractivity contribution in [3.63, 3.8) is 0 Å². The van der Waals surface area contributed by atoms with Crippen LogP contribution in [0.3, 0.4) is 0 Å². The van der Waals surface area contributed by atoms with Crippen molar-refractivity contribution in [2.75, 3.05) is 20.6 Å². The minimum Gasteiger partial charge on any atom is -0.349 e. The molecule has 7 nitrogen and oxygen atoms in total. The Hall–Kier alpha value is -1.51. The van der Waals surface area contributed by atoms with Crippen molar-refractivity contribution >= 4 is 15.9 Å². The summed E-state index contributed by atoms with van der Waals surface area (Å²) in [4.78, 5) is 16.7. The van der Waals surface area contributed by atoms with Gasteiger partial charge in [0.25, 0.3) is 0 Å². The van der Waals surface area contributed by atoms with E-state index in [-0.39, 0.29) is 30.3 Å². The van der Waals surface area contributed by atoms with Crippen LogP contribution in [0.4, 0.5) is 0 Å². The van der Waals surface area contributed by atoms with E-state index in [4.69, 9.17) is 5.73 Å². The zero-order valence-corrected chi connectivity index (χ0v) is 11.8. The molecule has 0 radical (unpaired) electrons. The van der Waals surface area contributed by atoms with Crippen LogP contribution in [0, 0.1) is 0 Å². The molecule has 3 N–H and O–H groups in total. The van der Waals surface area contributed by atoms with E-state index in [1.165, 1.54) is 23.2 Å². The van der Waals surface area contributed by atoms with E-state index < -0.39 is 10.0 Å². The summed E-state index contributed by atoms with van der Waals surface area (Å²) < 4.78 is 26.4. The molecule has 0 saturated heterocycles. The van der Waals surface area contributed by atoms with Crippen LogP contribution in [0.5, 0.6) is 0 Å². The summed E-state index contributed by atoms with van der Waals surface area (Å²) in [5, 5.41) is 0. The summed E-state index contributed by atoms with van der Waals surface area (Å²) in [5.41, 5.74) is 5.75. The number of nitrogens with zero attached hydrogens (tertiary/aromatic N) is 2. The molecule has 19 heavy (non-hydrogen) atoms. The number of pyridine rings is 1. The molecule has 0 saturated carbocycles. The summed E-state index contributed by atoms with van der Waals surface area (Å²) in [5.74, 6) is -0.145.